The number of benzene rings is 1. The van der Waals surface area contributed by atoms with E-state index in [1.807, 2.05) is 30.5 Å². The van der Waals surface area contributed by atoms with Gasteiger partial charge in [-0.3, -0.25) is 9.59 Å². The molecule has 1 unspecified atom stereocenters. The van der Waals surface area contributed by atoms with E-state index < -0.39 is 11.8 Å². The summed E-state index contributed by atoms with van der Waals surface area (Å²) >= 11 is 0. The van der Waals surface area contributed by atoms with Gasteiger partial charge in [0.05, 0.1) is 6.04 Å². The number of nitrogens with one attached hydrogen (secondary N) is 3. The van der Waals surface area contributed by atoms with Crippen molar-refractivity contribution in [1.29, 1.82) is 0 Å². The molecule has 0 bridgehead atoms. The van der Waals surface area contributed by atoms with E-state index >= 15 is 0 Å². The van der Waals surface area contributed by atoms with E-state index in [4.69, 9.17) is 0 Å². The summed E-state index contributed by atoms with van der Waals surface area (Å²) in [7, 11) is 0. The summed E-state index contributed by atoms with van der Waals surface area (Å²) in [4.78, 5) is 25.5. The number of carbonyl (C=O) groups is 2. The highest BCUT2D eigenvalue weighted by molar-refractivity contribution is 6.35. The first-order valence-electron chi connectivity index (χ1n) is 5.40. The summed E-state index contributed by atoms with van der Waals surface area (Å²) < 4.78 is 0. The van der Waals surface area contributed by atoms with Crippen LogP contribution in [0.25, 0.3) is 10.9 Å². The molecule has 3 N–H and O–H groups in total. The van der Waals surface area contributed by atoms with Crippen molar-refractivity contribution in [2.24, 2.45) is 0 Å². The van der Waals surface area contributed by atoms with Crippen LogP contribution in [0.15, 0.2) is 30.5 Å². The predicted octanol–water partition coefficient (Wildman–Crippen LogP) is 0.455. The Bertz CT molecular complexity index is 603. The molecule has 1 atom stereocenters. The molecule has 1 aromatic carbocycles. The lowest BCUT2D eigenvalue weighted by molar-refractivity contribution is -0.141. The van der Waals surface area contributed by atoms with Crippen LogP contribution < -0.4 is 10.6 Å². The molecule has 0 spiro atoms. The van der Waals surface area contributed by atoms with Crippen molar-refractivity contribution in [3.8, 4) is 0 Å². The second kappa shape index (κ2) is 3.62. The lowest BCUT2D eigenvalue weighted by Gasteiger charge is -2.23. The van der Waals surface area contributed by atoms with Gasteiger partial charge in [-0.1, -0.05) is 18.2 Å². The van der Waals surface area contributed by atoms with Crippen molar-refractivity contribution >= 4 is 22.7 Å². The molecule has 1 aliphatic heterocycles. The van der Waals surface area contributed by atoms with E-state index in [9.17, 15) is 9.59 Å². The second-order valence-corrected chi connectivity index (χ2v) is 4.03. The smallest absolute Gasteiger partial charge is 0.309 e. The van der Waals surface area contributed by atoms with E-state index in [0.29, 0.717) is 6.54 Å². The number of H-pyrrole nitrogens is 1. The number of piperazine rings is 1. The first-order chi connectivity index (χ1) is 8.25. The van der Waals surface area contributed by atoms with Crippen LogP contribution in [0, 0.1) is 0 Å². The Morgan fingerprint density at radius 2 is 1.94 bits per heavy atom. The molecule has 0 radical (unpaired) electrons. The van der Waals surface area contributed by atoms with E-state index in [1.54, 1.807) is 0 Å². The largest absolute Gasteiger partial charge is 0.361 e. The number of aromatic nitrogens is 1. The molecule has 0 aliphatic carbocycles. The number of hydrogen-bond donors (Lipinski definition) is 3. The van der Waals surface area contributed by atoms with Gasteiger partial charge in [0.25, 0.3) is 0 Å². The fraction of sp³-hybridized carbons (Fsp3) is 0.167. The Kier molecular flexibility index (Phi) is 2.11. The van der Waals surface area contributed by atoms with Crippen LogP contribution in [0.5, 0.6) is 0 Å². The third-order valence-electron chi connectivity index (χ3n) is 2.97. The third-order valence-corrected chi connectivity index (χ3v) is 2.97. The van der Waals surface area contributed by atoms with Crippen LogP contribution >= 0.6 is 0 Å². The summed E-state index contributed by atoms with van der Waals surface area (Å²) in [5, 5.41) is 6.32. The van der Waals surface area contributed by atoms with E-state index in [-0.39, 0.29) is 6.04 Å². The monoisotopic (exact) mass is 229 g/mol. The van der Waals surface area contributed by atoms with Gasteiger partial charge in [-0.2, -0.15) is 0 Å². The molecule has 17 heavy (non-hydrogen) atoms. The molecule has 1 aromatic heterocycles. The number of carbonyl (C=O) groups excluding carboxylic acids is 2. The third kappa shape index (κ3) is 1.56. The van der Waals surface area contributed by atoms with Gasteiger partial charge in [-0.25, -0.2) is 0 Å². The van der Waals surface area contributed by atoms with Crippen molar-refractivity contribution in [3.63, 3.8) is 0 Å². The minimum atomic E-state index is -0.577. The average molecular weight is 229 g/mol. The minimum absolute atomic E-state index is 0.170. The molecule has 3 rings (SSSR count). The zero-order valence-electron chi connectivity index (χ0n) is 8.99. The number of para-hydroxylation sites is 1. The first kappa shape index (κ1) is 9.89. The van der Waals surface area contributed by atoms with Gasteiger partial charge in [0, 0.05) is 29.2 Å². The fourth-order valence-corrected chi connectivity index (χ4v) is 2.12. The van der Waals surface area contributed by atoms with E-state index in [0.717, 1.165) is 16.5 Å². The summed E-state index contributed by atoms with van der Waals surface area (Å²) in [5.74, 6) is -1.15. The topological polar surface area (TPSA) is 74.0 Å². The maximum Gasteiger partial charge on any atom is 0.309 e. The van der Waals surface area contributed by atoms with Crippen molar-refractivity contribution in [2.45, 2.75) is 6.04 Å². The molecule has 0 saturated carbocycles. The van der Waals surface area contributed by atoms with Crippen molar-refractivity contribution < 1.29 is 9.59 Å². The van der Waals surface area contributed by atoms with Gasteiger partial charge >= 0.3 is 11.8 Å². The van der Waals surface area contributed by atoms with Crippen LogP contribution in [0.1, 0.15) is 11.6 Å². The van der Waals surface area contributed by atoms with Crippen molar-refractivity contribution in [3.05, 3.63) is 36.0 Å². The normalized spacial score (nSPS) is 20.1. The van der Waals surface area contributed by atoms with Crippen LogP contribution in [0.3, 0.4) is 0 Å². The van der Waals surface area contributed by atoms with E-state index in [1.165, 1.54) is 0 Å². The fourth-order valence-electron chi connectivity index (χ4n) is 2.12. The maximum absolute atomic E-state index is 11.3. The molecule has 2 heterocycles. The van der Waals surface area contributed by atoms with Crippen molar-refractivity contribution in [2.75, 3.05) is 6.54 Å². The lowest BCUT2D eigenvalue weighted by atomic mass is 10.0. The number of amides is 2. The van der Waals surface area contributed by atoms with Crippen LogP contribution in [-0.4, -0.2) is 23.3 Å². The minimum Gasteiger partial charge on any atom is -0.361 e. The number of hydrogen-bond acceptors (Lipinski definition) is 2. The van der Waals surface area contributed by atoms with Crippen LogP contribution in [0.2, 0.25) is 0 Å². The average Bonchev–Trinajstić information content (AvgIpc) is 2.76. The highest BCUT2D eigenvalue weighted by atomic mass is 16.2. The standard InChI is InChI=1S/C12H11N3O2/c16-11-12(17)15-10(6-14-11)8-5-13-9-4-2-1-3-7(8)9/h1-5,10,13H,6H2,(H,14,16)(H,15,17). The first-order valence-corrected chi connectivity index (χ1v) is 5.40. The van der Waals surface area contributed by atoms with Gasteiger partial charge in [0.2, 0.25) is 0 Å². The predicted molar refractivity (Wildman–Crippen MR) is 62.2 cm³/mol. The summed E-state index contributed by atoms with van der Waals surface area (Å²) in [6.45, 7) is 0.423. The molecular formula is C12H11N3O2. The van der Waals surface area contributed by atoms with Crippen LogP contribution in [0.4, 0.5) is 0 Å². The van der Waals surface area contributed by atoms with Gasteiger partial charge in [-0.15, -0.1) is 0 Å². The number of aromatic amines is 1. The molecular weight excluding hydrogens is 218 g/mol. The SMILES string of the molecule is O=C1NCC(c2c[nH]c3ccccc23)NC1=O. The maximum atomic E-state index is 11.3. The number of rotatable bonds is 1. The highest BCUT2D eigenvalue weighted by Crippen LogP contribution is 2.24. The highest BCUT2D eigenvalue weighted by Gasteiger charge is 2.27. The summed E-state index contributed by atoms with van der Waals surface area (Å²) in [6, 6.07) is 7.69. The molecule has 1 fully saturated rings. The Hall–Kier alpha value is -2.30. The molecule has 2 aromatic rings. The quantitative estimate of drug-likeness (QED) is 0.621. The molecule has 5 nitrogen and oxygen atoms in total. The van der Waals surface area contributed by atoms with Gasteiger partial charge in [0.15, 0.2) is 0 Å². The molecule has 1 saturated heterocycles. The molecule has 86 valence electrons. The van der Waals surface area contributed by atoms with Gasteiger partial charge in [-0.05, 0) is 6.07 Å². The van der Waals surface area contributed by atoms with Crippen LogP contribution in [-0.2, 0) is 9.59 Å². The summed E-state index contributed by atoms with van der Waals surface area (Å²) in [5.41, 5.74) is 2.02. The zero-order chi connectivity index (χ0) is 11.8. The molecule has 2 amide bonds. The molecule has 5 heteroatoms. The molecule has 1 aliphatic rings. The Morgan fingerprint density at radius 1 is 1.12 bits per heavy atom. The zero-order valence-corrected chi connectivity index (χ0v) is 8.99. The second-order valence-electron chi connectivity index (χ2n) is 4.03. The Balaban J connectivity index is 1.99. The Morgan fingerprint density at radius 3 is 2.76 bits per heavy atom. The van der Waals surface area contributed by atoms with E-state index in [2.05, 4.69) is 15.6 Å². The lowest BCUT2D eigenvalue weighted by Crippen LogP contribution is -2.51. The van der Waals surface area contributed by atoms with Crippen molar-refractivity contribution in [1.82, 2.24) is 15.6 Å². The number of fused-ring (bicyclic) bond motifs is 1. The summed E-state index contributed by atoms with van der Waals surface area (Å²) in [6.07, 6.45) is 1.87. The Labute approximate surface area is 97.2 Å². The van der Waals surface area contributed by atoms with Gasteiger partial charge in [0.1, 0.15) is 0 Å². The van der Waals surface area contributed by atoms with Gasteiger partial charge < -0.3 is 15.6 Å².